The number of aromatic nitrogens is 2. The molecular weight excluding hydrogens is 180 g/mol. The average Bonchev–Trinajstić information content (AvgIpc) is 2.46. The maximum atomic E-state index is 10.5. The van der Waals surface area contributed by atoms with Crippen molar-refractivity contribution in [3.63, 3.8) is 0 Å². The minimum atomic E-state index is -1.44. The minimum absolute atomic E-state index is 0.532. The van der Waals surface area contributed by atoms with Crippen LogP contribution in [0.1, 0.15) is 21.0 Å². The van der Waals surface area contributed by atoms with Crippen LogP contribution < -0.4 is 0 Å². The summed E-state index contributed by atoms with van der Waals surface area (Å²) in [6.07, 6.45) is 0.951. The molecule has 7 nitrogen and oxygen atoms in total. The van der Waals surface area contributed by atoms with Crippen molar-refractivity contribution < 1.29 is 24.9 Å². The first-order valence-corrected chi connectivity index (χ1v) is 3.20. The molecule has 0 unspecified atom stereocenters. The van der Waals surface area contributed by atoms with Crippen molar-refractivity contribution in [2.75, 3.05) is 0 Å². The van der Waals surface area contributed by atoms with Gasteiger partial charge < -0.3 is 19.9 Å². The Kier molecular flexibility index (Phi) is 2.29. The Hall–Kier alpha value is -1.89. The van der Waals surface area contributed by atoms with Crippen molar-refractivity contribution in [1.29, 1.82) is 0 Å². The molecule has 0 amide bonds. The SMILES string of the molecule is O=C(O)c1ncn(CO)c1C(=O)O. The average molecular weight is 186 g/mol. The number of rotatable bonds is 3. The maximum Gasteiger partial charge on any atom is 0.357 e. The van der Waals surface area contributed by atoms with Crippen LogP contribution in [0.3, 0.4) is 0 Å². The smallest absolute Gasteiger partial charge is 0.357 e. The second kappa shape index (κ2) is 3.23. The molecule has 7 heteroatoms. The topological polar surface area (TPSA) is 113 Å². The van der Waals surface area contributed by atoms with Crippen LogP contribution in [0.4, 0.5) is 0 Å². The van der Waals surface area contributed by atoms with Crippen LogP contribution in [0.2, 0.25) is 0 Å². The largest absolute Gasteiger partial charge is 0.476 e. The highest BCUT2D eigenvalue weighted by Gasteiger charge is 2.22. The first-order chi connectivity index (χ1) is 6.07. The summed E-state index contributed by atoms with van der Waals surface area (Å²) in [5.74, 6) is -2.88. The fraction of sp³-hybridized carbons (Fsp3) is 0.167. The Morgan fingerprint density at radius 3 is 2.38 bits per heavy atom. The highest BCUT2D eigenvalue weighted by atomic mass is 16.4. The van der Waals surface area contributed by atoms with Crippen LogP contribution in [0, 0.1) is 0 Å². The quantitative estimate of drug-likeness (QED) is 0.571. The molecular formula is C6H6N2O5. The zero-order valence-corrected chi connectivity index (χ0v) is 6.34. The molecule has 0 bridgehead atoms. The van der Waals surface area contributed by atoms with E-state index in [0.717, 1.165) is 10.9 Å². The zero-order valence-electron chi connectivity index (χ0n) is 6.34. The lowest BCUT2D eigenvalue weighted by molar-refractivity contribution is 0.0633. The summed E-state index contributed by atoms with van der Waals surface area (Å²) >= 11 is 0. The highest BCUT2D eigenvalue weighted by Crippen LogP contribution is 2.06. The van der Waals surface area contributed by atoms with Crippen LogP contribution in [0.25, 0.3) is 0 Å². The van der Waals surface area contributed by atoms with Gasteiger partial charge in [-0.3, -0.25) is 0 Å². The van der Waals surface area contributed by atoms with Crippen LogP contribution in [0.5, 0.6) is 0 Å². The molecule has 0 aliphatic heterocycles. The molecule has 0 atom stereocenters. The number of carboxylic acid groups (broad SMARTS) is 2. The van der Waals surface area contributed by atoms with E-state index in [4.69, 9.17) is 15.3 Å². The number of hydrogen-bond acceptors (Lipinski definition) is 4. The van der Waals surface area contributed by atoms with Gasteiger partial charge in [0.1, 0.15) is 6.73 Å². The summed E-state index contributed by atoms with van der Waals surface area (Å²) < 4.78 is 0.825. The number of aliphatic hydroxyl groups is 1. The predicted molar refractivity (Wildman–Crippen MR) is 38.4 cm³/mol. The molecule has 0 fully saturated rings. The molecule has 1 heterocycles. The van der Waals surface area contributed by atoms with Crippen LogP contribution in [-0.2, 0) is 6.73 Å². The third-order valence-corrected chi connectivity index (χ3v) is 1.40. The van der Waals surface area contributed by atoms with Gasteiger partial charge in [-0.1, -0.05) is 0 Å². The van der Waals surface area contributed by atoms with Gasteiger partial charge in [-0.25, -0.2) is 14.6 Å². The molecule has 0 aromatic carbocycles. The summed E-state index contributed by atoms with van der Waals surface area (Å²) in [5.41, 5.74) is -1.11. The molecule has 70 valence electrons. The van der Waals surface area contributed by atoms with Gasteiger partial charge in [0.2, 0.25) is 0 Å². The van der Waals surface area contributed by atoms with Gasteiger partial charge in [0.25, 0.3) is 0 Å². The molecule has 0 saturated heterocycles. The van der Waals surface area contributed by atoms with Gasteiger partial charge in [-0.15, -0.1) is 0 Å². The Morgan fingerprint density at radius 1 is 1.38 bits per heavy atom. The fourth-order valence-electron chi connectivity index (χ4n) is 0.870. The molecule has 0 aliphatic carbocycles. The van der Waals surface area contributed by atoms with Crippen molar-refractivity contribution in [3.05, 3.63) is 17.7 Å². The lowest BCUT2D eigenvalue weighted by atomic mass is 10.3. The van der Waals surface area contributed by atoms with Crippen molar-refractivity contribution in [3.8, 4) is 0 Å². The minimum Gasteiger partial charge on any atom is -0.476 e. The van der Waals surface area contributed by atoms with Gasteiger partial charge in [-0.2, -0.15) is 0 Å². The van der Waals surface area contributed by atoms with Crippen molar-refractivity contribution >= 4 is 11.9 Å². The van der Waals surface area contributed by atoms with E-state index >= 15 is 0 Å². The normalized spacial score (nSPS) is 9.92. The Bertz CT molecular complexity index is 356. The first kappa shape index (κ1) is 9.20. The van der Waals surface area contributed by atoms with Gasteiger partial charge in [-0.05, 0) is 0 Å². The molecule has 0 spiro atoms. The Balaban J connectivity index is 3.30. The number of nitrogens with zero attached hydrogens (tertiary/aromatic N) is 2. The number of hydrogen-bond donors (Lipinski definition) is 3. The second-order valence-corrected chi connectivity index (χ2v) is 2.16. The van der Waals surface area contributed by atoms with Crippen molar-refractivity contribution in [2.24, 2.45) is 0 Å². The molecule has 0 radical (unpaired) electrons. The number of carbonyl (C=O) groups is 2. The molecule has 13 heavy (non-hydrogen) atoms. The van der Waals surface area contributed by atoms with Gasteiger partial charge in [0.15, 0.2) is 11.4 Å². The van der Waals surface area contributed by atoms with Crippen LogP contribution >= 0.6 is 0 Å². The zero-order chi connectivity index (χ0) is 10.0. The first-order valence-electron chi connectivity index (χ1n) is 3.20. The number of imidazole rings is 1. The monoisotopic (exact) mass is 186 g/mol. The maximum absolute atomic E-state index is 10.5. The van der Waals surface area contributed by atoms with Gasteiger partial charge in [0, 0.05) is 0 Å². The summed E-state index contributed by atoms with van der Waals surface area (Å²) in [4.78, 5) is 24.3. The molecule has 1 aromatic heterocycles. The summed E-state index contributed by atoms with van der Waals surface area (Å²) in [6, 6.07) is 0. The summed E-state index contributed by atoms with van der Waals surface area (Å²) in [7, 11) is 0. The van der Waals surface area contributed by atoms with E-state index < -0.39 is 30.1 Å². The van der Waals surface area contributed by atoms with E-state index in [1.165, 1.54) is 0 Å². The highest BCUT2D eigenvalue weighted by molar-refractivity contribution is 5.99. The van der Waals surface area contributed by atoms with E-state index in [0.29, 0.717) is 0 Å². The lowest BCUT2D eigenvalue weighted by Crippen LogP contribution is -2.12. The molecule has 0 aliphatic rings. The third-order valence-electron chi connectivity index (χ3n) is 1.40. The van der Waals surface area contributed by atoms with Crippen molar-refractivity contribution in [2.45, 2.75) is 6.73 Å². The summed E-state index contributed by atoms with van der Waals surface area (Å²) in [6.45, 7) is -0.623. The van der Waals surface area contributed by atoms with Crippen LogP contribution in [0.15, 0.2) is 6.33 Å². The van der Waals surface area contributed by atoms with Crippen molar-refractivity contribution in [1.82, 2.24) is 9.55 Å². The Morgan fingerprint density at radius 2 is 2.00 bits per heavy atom. The fourth-order valence-corrected chi connectivity index (χ4v) is 0.870. The lowest BCUT2D eigenvalue weighted by Gasteiger charge is -1.98. The van der Waals surface area contributed by atoms with E-state index in [9.17, 15) is 9.59 Å². The number of aliphatic hydroxyl groups excluding tert-OH is 1. The third kappa shape index (κ3) is 1.49. The van der Waals surface area contributed by atoms with E-state index in [2.05, 4.69) is 4.98 Å². The number of carboxylic acids is 2. The van der Waals surface area contributed by atoms with Crippen LogP contribution in [-0.4, -0.2) is 36.8 Å². The van der Waals surface area contributed by atoms with E-state index in [1.54, 1.807) is 0 Å². The molecule has 3 N–H and O–H groups in total. The molecule has 1 rings (SSSR count). The molecule has 0 saturated carbocycles. The van der Waals surface area contributed by atoms with E-state index in [-0.39, 0.29) is 0 Å². The predicted octanol–water partition coefficient (Wildman–Crippen LogP) is -0.771. The number of aromatic carboxylic acids is 2. The van der Waals surface area contributed by atoms with Gasteiger partial charge >= 0.3 is 11.9 Å². The standard InChI is InChI=1S/C6H6N2O5/c9-2-8-1-7-3(5(10)11)4(8)6(12)13/h1,9H,2H2,(H,10,11)(H,12,13). The second-order valence-electron chi connectivity index (χ2n) is 2.16. The summed E-state index contributed by atoms with van der Waals surface area (Å²) in [5, 5.41) is 25.7. The van der Waals surface area contributed by atoms with Gasteiger partial charge in [0.05, 0.1) is 6.33 Å². The molecule has 1 aromatic rings. The Labute approximate surface area is 71.9 Å². The van der Waals surface area contributed by atoms with E-state index in [1.807, 2.05) is 0 Å².